The topological polar surface area (TPSA) is 179 Å². The molecule has 0 aromatic rings. The highest BCUT2D eigenvalue weighted by molar-refractivity contribution is 6.00. The lowest BCUT2D eigenvalue weighted by molar-refractivity contribution is -0.318. The first kappa shape index (κ1) is 22.8. The van der Waals surface area contributed by atoms with E-state index in [1.165, 1.54) is 0 Å². The Morgan fingerprint density at radius 1 is 1.12 bits per heavy atom. The molecule has 2 bridgehead atoms. The highest BCUT2D eigenvalue weighted by Gasteiger charge is 2.83. The number of carbonyl (C=O) groups is 1. The van der Waals surface area contributed by atoms with Crippen molar-refractivity contribution >= 4 is 5.78 Å². The molecule has 1 spiro atoms. The van der Waals surface area contributed by atoms with Crippen LogP contribution in [0.5, 0.6) is 0 Å². The van der Waals surface area contributed by atoms with Gasteiger partial charge in [0, 0.05) is 5.41 Å². The van der Waals surface area contributed by atoms with Gasteiger partial charge in [0.1, 0.15) is 42.2 Å². The quantitative estimate of drug-likeness (QED) is 0.236. The number of epoxide rings is 1. The van der Waals surface area contributed by atoms with Gasteiger partial charge in [0.2, 0.25) is 0 Å². The van der Waals surface area contributed by atoms with Crippen molar-refractivity contribution in [2.24, 2.45) is 10.8 Å². The van der Waals surface area contributed by atoms with Crippen molar-refractivity contribution in [3.8, 4) is 0 Å². The second-order valence-corrected chi connectivity index (χ2v) is 9.88. The molecule has 0 unspecified atom stereocenters. The predicted octanol–water partition coefficient (Wildman–Crippen LogP) is -3.01. The molecule has 2 aliphatic carbocycles. The normalized spacial score (nSPS) is 56.8. The van der Waals surface area contributed by atoms with Crippen LogP contribution in [-0.2, 0) is 23.7 Å². The lowest BCUT2D eigenvalue weighted by Crippen LogP contribution is -2.70. The standard InChI is InChI=1S/C21H30O11/c1-8-3-11-20(6-23,16(28)12(8)24)19(2)4-9(17(32-11)21(19)7-29-21)30-18-15(27)14(26)13(25)10(5-22)31-18/h3,9-11,13-18,22-23,25-28H,4-7H2,1-2H3/t9-,10-,11-,13-,14+,15-,16-,17-,18-,19-,20-,21+/m1/s1. The largest absolute Gasteiger partial charge is 0.396 e. The molecule has 5 aliphatic rings. The van der Waals surface area contributed by atoms with E-state index in [4.69, 9.17) is 18.9 Å². The van der Waals surface area contributed by atoms with E-state index in [1.807, 2.05) is 6.92 Å². The molecule has 11 nitrogen and oxygen atoms in total. The van der Waals surface area contributed by atoms with Crippen molar-refractivity contribution < 1.29 is 54.4 Å². The summed E-state index contributed by atoms with van der Waals surface area (Å²) in [7, 11) is 0. The van der Waals surface area contributed by atoms with Gasteiger partial charge in [0.15, 0.2) is 12.1 Å². The Labute approximate surface area is 184 Å². The van der Waals surface area contributed by atoms with Crippen molar-refractivity contribution in [2.45, 2.75) is 81.0 Å². The zero-order chi connectivity index (χ0) is 23.2. The molecule has 180 valence electrons. The van der Waals surface area contributed by atoms with Gasteiger partial charge in [-0.25, -0.2) is 0 Å². The SMILES string of the molecule is CC1=C[C@H]2O[C@@H]3[C@H](O[C@@H]4O[C@H](CO)[C@@H](O)[C@H](O)[C@H]4O)C[C@](C)([C@@]2(CO)[C@H](O)C1=O)[C@]31CO1. The van der Waals surface area contributed by atoms with Gasteiger partial charge < -0.3 is 49.6 Å². The Balaban J connectivity index is 1.49. The van der Waals surface area contributed by atoms with Gasteiger partial charge in [-0.05, 0) is 25.0 Å². The molecule has 4 fully saturated rings. The Morgan fingerprint density at radius 2 is 1.81 bits per heavy atom. The molecule has 3 saturated heterocycles. The Morgan fingerprint density at radius 3 is 2.41 bits per heavy atom. The first-order valence-corrected chi connectivity index (χ1v) is 10.8. The van der Waals surface area contributed by atoms with Crippen LogP contribution in [0.25, 0.3) is 0 Å². The lowest BCUT2D eigenvalue weighted by atomic mass is 9.50. The maximum Gasteiger partial charge on any atom is 0.187 e. The van der Waals surface area contributed by atoms with Crippen LogP contribution in [0.2, 0.25) is 0 Å². The van der Waals surface area contributed by atoms with Crippen molar-refractivity contribution in [3.63, 3.8) is 0 Å². The summed E-state index contributed by atoms with van der Waals surface area (Å²) >= 11 is 0. The zero-order valence-corrected chi connectivity index (χ0v) is 17.8. The number of hydrogen-bond acceptors (Lipinski definition) is 11. The number of fused-ring (bicyclic) bond motifs is 2. The zero-order valence-electron chi connectivity index (χ0n) is 17.8. The van der Waals surface area contributed by atoms with E-state index in [0.717, 1.165) is 0 Å². The average Bonchev–Trinajstić information content (AvgIpc) is 3.54. The number of hydrogen-bond donors (Lipinski definition) is 6. The maximum absolute atomic E-state index is 12.7. The molecule has 3 aliphatic heterocycles. The second kappa shape index (κ2) is 7.25. The van der Waals surface area contributed by atoms with Gasteiger partial charge in [-0.1, -0.05) is 6.92 Å². The van der Waals surface area contributed by atoms with Crippen molar-refractivity contribution in [1.82, 2.24) is 0 Å². The molecule has 32 heavy (non-hydrogen) atoms. The van der Waals surface area contributed by atoms with Gasteiger partial charge in [-0.2, -0.15) is 0 Å². The molecule has 12 atom stereocenters. The van der Waals surface area contributed by atoms with Gasteiger partial charge in [-0.3, -0.25) is 4.79 Å². The van der Waals surface area contributed by atoms with E-state index in [1.54, 1.807) is 13.0 Å². The smallest absolute Gasteiger partial charge is 0.187 e. The van der Waals surface area contributed by atoms with E-state index in [0.29, 0.717) is 5.57 Å². The molecule has 0 aromatic heterocycles. The lowest BCUT2D eigenvalue weighted by Gasteiger charge is -2.58. The first-order chi connectivity index (χ1) is 15.1. The molecule has 0 radical (unpaired) electrons. The summed E-state index contributed by atoms with van der Waals surface area (Å²) < 4.78 is 23.7. The number of Topliss-reactive ketones (excluding diaryl/α,β-unsaturated/α-hetero) is 1. The summed E-state index contributed by atoms with van der Waals surface area (Å²) in [5, 5.41) is 61.5. The summed E-state index contributed by atoms with van der Waals surface area (Å²) in [5.74, 6) is -0.479. The van der Waals surface area contributed by atoms with Crippen LogP contribution in [-0.4, -0.2) is 117 Å². The second-order valence-electron chi connectivity index (χ2n) is 9.88. The van der Waals surface area contributed by atoms with Crippen LogP contribution >= 0.6 is 0 Å². The minimum absolute atomic E-state index is 0.209. The molecule has 0 amide bonds. The Hall–Kier alpha value is -0.990. The first-order valence-electron chi connectivity index (χ1n) is 10.8. The fourth-order valence-corrected chi connectivity index (χ4v) is 6.46. The highest BCUT2D eigenvalue weighted by atomic mass is 16.7. The third-order valence-corrected chi connectivity index (χ3v) is 8.57. The average molecular weight is 458 g/mol. The molecular weight excluding hydrogens is 428 g/mol. The summed E-state index contributed by atoms with van der Waals surface area (Å²) in [4.78, 5) is 12.7. The number of aliphatic hydroxyl groups excluding tert-OH is 6. The fourth-order valence-electron chi connectivity index (χ4n) is 6.46. The van der Waals surface area contributed by atoms with Gasteiger partial charge >= 0.3 is 0 Å². The van der Waals surface area contributed by atoms with Crippen LogP contribution in [0.3, 0.4) is 0 Å². The van der Waals surface area contributed by atoms with Gasteiger partial charge in [-0.15, -0.1) is 0 Å². The Kier molecular flexibility index (Phi) is 5.16. The number of rotatable bonds is 4. The van der Waals surface area contributed by atoms with E-state index < -0.39 is 90.5 Å². The third-order valence-electron chi connectivity index (χ3n) is 8.57. The van der Waals surface area contributed by atoms with Gasteiger partial charge in [0.05, 0.1) is 37.4 Å². The maximum atomic E-state index is 12.7. The van der Waals surface area contributed by atoms with E-state index in [2.05, 4.69) is 0 Å². The molecule has 6 N–H and O–H groups in total. The van der Waals surface area contributed by atoms with Crippen LogP contribution in [0.4, 0.5) is 0 Å². The van der Waals surface area contributed by atoms with Crippen LogP contribution in [0.15, 0.2) is 11.6 Å². The van der Waals surface area contributed by atoms with E-state index >= 15 is 0 Å². The van der Waals surface area contributed by atoms with E-state index in [9.17, 15) is 35.4 Å². The summed E-state index contributed by atoms with van der Waals surface area (Å²) in [6.45, 7) is 2.59. The third kappa shape index (κ3) is 2.58. The van der Waals surface area contributed by atoms with E-state index in [-0.39, 0.29) is 13.0 Å². The highest BCUT2D eigenvalue weighted by Crippen LogP contribution is 2.71. The predicted molar refractivity (Wildman–Crippen MR) is 103 cm³/mol. The number of carbonyl (C=O) groups excluding carboxylic acids is 1. The number of aliphatic hydroxyl groups is 6. The van der Waals surface area contributed by atoms with Crippen molar-refractivity contribution in [1.29, 1.82) is 0 Å². The minimum atomic E-state index is -1.59. The summed E-state index contributed by atoms with van der Waals surface area (Å²) in [6, 6.07) is 0. The molecule has 1 saturated carbocycles. The van der Waals surface area contributed by atoms with Crippen molar-refractivity contribution in [2.75, 3.05) is 19.8 Å². The Bertz CT molecular complexity index is 825. The molecule has 0 aromatic carbocycles. The van der Waals surface area contributed by atoms with Gasteiger partial charge in [0.25, 0.3) is 0 Å². The monoisotopic (exact) mass is 458 g/mol. The summed E-state index contributed by atoms with van der Waals surface area (Å²) in [5.41, 5.74) is -2.85. The van der Waals surface area contributed by atoms with Crippen LogP contribution < -0.4 is 0 Å². The molecule has 3 heterocycles. The fraction of sp³-hybridized carbons (Fsp3) is 0.857. The number of ether oxygens (including phenoxy) is 4. The summed E-state index contributed by atoms with van der Waals surface area (Å²) in [6.07, 6.45) is -9.03. The molecule has 11 heteroatoms. The van der Waals surface area contributed by atoms with Crippen molar-refractivity contribution in [3.05, 3.63) is 11.6 Å². The number of ketones is 1. The van der Waals surface area contributed by atoms with Crippen LogP contribution in [0, 0.1) is 10.8 Å². The molecular formula is C21H30O11. The minimum Gasteiger partial charge on any atom is -0.396 e. The molecule has 5 rings (SSSR count). The van der Waals surface area contributed by atoms with Crippen LogP contribution in [0.1, 0.15) is 20.3 Å².